The topological polar surface area (TPSA) is 17.1 Å². The fourth-order valence-electron chi connectivity index (χ4n) is 1.86. The SMILES string of the molecule is CC(CCCC=O)=C1CCCC1. The van der Waals surface area contributed by atoms with Crippen molar-refractivity contribution < 1.29 is 4.79 Å². The zero-order chi connectivity index (χ0) is 8.81. The third kappa shape index (κ3) is 2.80. The molecule has 1 heteroatoms. The summed E-state index contributed by atoms with van der Waals surface area (Å²) >= 11 is 0. The summed E-state index contributed by atoms with van der Waals surface area (Å²) in [5, 5.41) is 0. The van der Waals surface area contributed by atoms with E-state index in [9.17, 15) is 4.79 Å². The molecule has 1 saturated carbocycles. The minimum atomic E-state index is 0.727. The molecule has 0 amide bonds. The quantitative estimate of drug-likeness (QED) is 0.356. The van der Waals surface area contributed by atoms with E-state index in [1.165, 1.54) is 25.7 Å². The molecule has 1 aliphatic rings. The highest BCUT2D eigenvalue weighted by molar-refractivity contribution is 5.49. The Morgan fingerprint density at radius 1 is 1.42 bits per heavy atom. The van der Waals surface area contributed by atoms with Gasteiger partial charge in [-0.1, -0.05) is 11.1 Å². The summed E-state index contributed by atoms with van der Waals surface area (Å²) in [4.78, 5) is 10.1. The maximum Gasteiger partial charge on any atom is 0.120 e. The van der Waals surface area contributed by atoms with Gasteiger partial charge in [0.15, 0.2) is 0 Å². The predicted octanol–water partition coefficient (Wildman–Crippen LogP) is 3.25. The normalized spacial score (nSPS) is 16.6. The van der Waals surface area contributed by atoms with Crippen molar-refractivity contribution in [3.8, 4) is 0 Å². The van der Waals surface area contributed by atoms with Crippen LogP contribution in [0.4, 0.5) is 0 Å². The minimum absolute atomic E-state index is 0.727. The zero-order valence-electron chi connectivity index (χ0n) is 7.94. The van der Waals surface area contributed by atoms with Gasteiger partial charge in [-0.15, -0.1) is 0 Å². The Morgan fingerprint density at radius 2 is 2.08 bits per heavy atom. The molecule has 0 N–H and O–H groups in total. The predicted molar refractivity (Wildman–Crippen MR) is 51.1 cm³/mol. The summed E-state index contributed by atoms with van der Waals surface area (Å²) in [5.41, 5.74) is 3.22. The van der Waals surface area contributed by atoms with Crippen LogP contribution >= 0.6 is 0 Å². The summed E-state index contributed by atoms with van der Waals surface area (Å²) in [6, 6.07) is 0. The molecule has 68 valence electrons. The zero-order valence-corrected chi connectivity index (χ0v) is 7.94. The van der Waals surface area contributed by atoms with Crippen LogP contribution in [-0.4, -0.2) is 6.29 Å². The summed E-state index contributed by atoms with van der Waals surface area (Å²) < 4.78 is 0. The van der Waals surface area contributed by atoms with E-state index >= 15 is 0 Å². The van der Waals surface area contributed by atoms with Crippen LogP contribution in [0, 0.1) is 0 Å². The smallest absolute Gasteiger partial charge is 0.120 e. The molecule has 1 fully saturated rings. The van der Waals surface area contributed by atoms with Crippen LogP contribution in [0.25, 0.3) is 0 Å². The van der Waals surface area contributed by atoms with Crippen LogP contribution in [0.15, 0.2) is 11.1 Å². The molecule has 0 aliphatic heterocycles. The molecule has 1 aliphatic carbocycles. The monoisotopic (exact) mass is 166 g/mol. The molecular weight excluding hydrogens is 148 g/mol. The first-order valence-corrected chi connectivity index (χ1v) is 4.95. The molecule has 0 bridgehead atoms. The fourth-order valence-corrected chi connectivity index (χ4v) is 1.86. The van der Waals surface area contributed by atoms with Gasteiger partial charge in [-0.05, 0) is 45.4 Å². The van der Waals surface area contributed by atoms with E-state index in [0.29, 0.717) is 0 Å². The molecule has 0 radical (unpaired) electrons. The Labute approximate surface area is 74.9 Å². The second-order valence-corrected chi connectivity index (χ2v) is 3.65. The number of carbonyl (C=O) groups is 1. The molecule has 0 atom stereocenters. The lowest BCUT2D eigenvalue weighted by molar-refractivity contribution is -0.107. The number of hydrogen-bond donors (Lipinski definition) is 0. The van der Waals surface area contributed by atoms with E-state index in [-0.39, 0.29) is 0 Å². The van der Waals surface area contributed by atoms with Crippen LogP contribution < -0.4 is 0 Å². The van der Waals surface area contributed by atoms with Gasteiger partial charge >= 0.3 is 0 Å². The lowest BCUT2D eigenvalue weighted by atomic mass is 10.0. The van der Waals surface area contributed by atoms with E-state index in [4.69, 9.17) is 0 Å². The van der Waals surface area contributed by atoms with Crippen molar-refractivity contribution in [2.75, 3.05) is 0 Å². The molecule has 0 heterocycles. The van der Waals surface area contributed by atoms with Gasteiger partial charge in [0.2, 0.25) is 0 Å². The molecule has 1 rings (SSSR count). The minimum Gasteiger partial charge on any atom is -0.303 e. The maximum absolute atomic E-state index is 10.1. The van der Waals surface area contributed by atoms with Crippen LogP contribution in [-0.2, 0) is 4.79 Å². The first-order valence-electron chi connectivity index (χ1n) is 4.95. The summed E-state index contributed by atoms with van der Waals surface area (Å²) in [7, 11) is 0. The van der Waals surface area contributed by atoms with Gasteiger partial charge in [-0.3, -0.25) is 0 Å². The van der Waals surface area contributed by atoms with Crippen molar-refractivity contribution in [3.05, 3.63) is 11.1 Å². The molecule has 0 aromatic carbocycles. The van der Waals surface area contributed by atoms with Crippen LogP contribution in [0.5, 0.6) is 0 Å². The molecule has 1 nitrogen and oxygen atoms in total. The first kappa shape index (κ1) is 9.50. The van der Waals surface area contributed by atoms with E-state index in [1.54, 1.807) is 11.1 Å². The third-order valence-electron chi connectivity index (χ3n) is 2.68. The van der Waals surface area contributed by atoms with Gasteiger partial charge < -0.3 is 4.79 Å². The van der Waals surface area contributed by atoms with E-state index in [1.807, 2.05) is 0 Å². The average molecular weight is 166 g/mol. The maximum atomic E-state index is 10.1. The molecule has 0 unspecified atom stereocenters. The fraction of sp³-hybridized carbons (Fsp3) is 0.727. The molecule has 0 aromatic heterocycles. The number of carbonyl (C=O) groups excluding carboxylic acids is 1. The molecule has 0 saturated heterocycles. The molecular formula is C11H18O. The van der Waals surface area contributed by atoms with Gasteiger partial charge in [-0.2, -0.15) is 0 Å². The highest BCUT2D eigenvalue weighted by Gasteiger charge is 2.08. The number of hydrogen-bond acceptors (Lipinski definition) is 1. The van der Waals surface area contributed by atoms with Crippen LogP contribution in [0.2, 0.25) is 0 Å². The van der Waals surface area contributed by atoms with E-state index < -0.39 is 0 Å². The largest absolute Gasteiger partial charge is 0.303 e. The van der Waals surface area contributed by atoms with Crippen molar-refractivity contribution >= 4 is 6.29 Å². The molecule has 0 spiro atoms. The Bertz CT molecular complexity index is 171. The average Bonchev–Trinajstić information content (AvgIpc) is 2.56. The van der Waals surface area contributed by atoms with Gasteiger partial charge in [-0.25, -0.2) is 0 Å². The van der Waals surface area contributed by atoms with Gasteiger partial charge in [0, 0.05) is 6.42 Å². The first-order chi connectivity index (χ1) is 5.84. The number of rotatable bonds is 4. The highest BCUT2D eigenvalue weighted by atomic mass is 16.1. The Kier molecular flexibility index (Phi) is 4.06. The van der Waals surface area contributed by atoms with E-state index in [2.05, 4.69) is 6.92 Å². The summed E-state index contributed by atoms with van der Waals surface area (Å²) in [5.74, 6) is 0. The van der Waals surface area contributed by atoms with Crippen molar-refractivity contribution in [2.45, 2.75) is 51.9 Å². The molecule has 0 aromatic rings. The highest BCUT2D eigenvalue weighted by Crippen LogP contribution is 2.28. The van der Waals surface area contributed by atoms with Crippen molar-refractivity contribution in [1.29, 1.82) is 0 Å². The van der Waals surface area contributed by atoms with Crippen molar-refractivity contribution in [3.63, 3.8) is 0 Å². The lowest BCUT2D eigenvalue weighted by Crippen LogP contribution is -1.85. The molecule has 12 heavy (non-hydrogen) atoms. The second-order valence-electron chi connectivity index (χ2n) is 3.65. The van der Waals surface area contributed by atoms with E-state index in [0.717, 1.165) is 25.5 Å². The van der Waals surface area contributed by atoms with Gasteiger partial charge in [0.25, 0.3) is 0 Å². The Hall–Kier alpha value is -0.590. The van der Waals surface area contributed by atoms with Crippen molar-refractivity contribution in [1.82, 2.24) is 0 Å². The number of allylic oxidation sites excluding steroid dienone is 2. The second kappa shape index (κ2) is 5.13. The number of aldehydes is 1. The summed E-state index contributed by atoms with van der Waals surface area (Å²) in [6.07, 6.45) is 9.30. The Morgan fingerprint density at radius 3 is 2.67 bits per heavy atom. The van der Waals surface area contributed by atoms with Gasteiger partial charge in [0.1, 0.15) is 6.29 Å². The van der Waals surface area contributed by atoms with Crippen LogP contribution in [0.3, 0.4) is 0 Å². The summed E-state index contributed by atoms with van der Waals surface area (Å²) in [6.45, 7) is 2.23. The number of unbranched alkanes of at least 4 members (excludes halogenated alkanes) is 1. The third-order valence-corrected chi connectivity index (χ3v) is 2.68. The van der Waals surface area contributed by atoms with Crippen molar-refractivity contribution in [2.24, 2.45) is 0 Å². The Balaban J connectivity index is 2.29. The van der Waals surface area contributed by atoms with Gasteiger partial charge in [0.05, 0.1) is 0 Å². The van der Waals surface area contributed by atoms with Crippen LogP contribution in [0.1, 0.15) is 51.9 Å². The lowest BCUT2D eigenvalue weighted by Gasteiger charge is -2.03. The standard InChI is InChI=1S/C11H18O/c1-10(6-4-5-9-12)11-7-2-3-8-11/h9H,2-8H2,1H3.